The summed E-state index contributed by atoms with van der Waals surface area (Å²) >= 11 is 0. The molecule has 0 aliphatic carbocycles. The van der Waals surface area contributed by atoms with Crippen LogP contribution in [0.2, 0.25) is 0 Å². The number of rotatable bonds is 3. The van der Waals surface area contributed by atoms with Crippen LogP contribution in [0.5, 0.6) is 11.5 Å². The van der Waals surface area contributed by atoms with Gasteiger partial charge in [0.15, 0.2) is 0 Å². The minimum absolute atomic E-state index is 0.328. The molecular weight excluding hydrogens is 253 g/mol. The Morgan fingerprint density at radius 3 is 2.40 bits per heavy atom. The molecule has 0 aliphatic heterocycles. The van der Waals surface area contributed by atoms with Crippen molar-refractivity contribution in [2.45, 2.75) is 0 Å². The zero-order valence-corrected chi connectivity index (χ0v) is 10.7. The highest BCUT2D eigenvalue weighted by atomic mass is 19.1. The summed E-state index contributed by atoms with van der Waals surface area (Å²) in [6.45, 7) is 0. The first-order chi connectivity index (χ1) is 9.81. The third-order valence-corrected chi connectivity index (χ3v) is 2.85. The molecule has 0 N–H and O–H groups in total. The molecule has 0 radical (unpaired) electrons. The van der Waals surface area contributed by atoms with Crippen molar-refractivity contribution in [1.82, 2.24) is 4.98 Å². The van der Waals surface area contributed by atoms with Crippen LogP contribution < -0.4 is 4.74 Å². The molecule has 20 heavy (non-hydrogen) atoms. The van der Waals surface area contributed by atoms with E-state index in [2.05, 4.69) is 4.98 Å². The minimum atomic E-state index is -0.328. The van der Waals surface area contributed by atoms with Crippen molar-refractivity contribution >= 4 is 0 Å². The zero-order valence-electron chi connectivity index (χ0n) is 10.7. The Bertz CT molecular complexity index is 699. The highest BCUT2D eigenvalue weighted by Crippen LogP contribution is 2.28. The lowest BCUT2D eigenvalue weighted by Crippen LogP contribution is -1.88. The van der Waals surface area contributed by atoms with Crippen LogP contribution in [0.3, 0.4) is 0 Å². The summed E-state index contributed by atoms with van der Waals surface area (Å²) in [7, 11) is 0. The maximum absolute atomic E-state index is 13.7. The lowest BCUT2D eigenvalue weighted by Gasteiger charge is -2.08. The van der Waals surface area contributed by atoms with Gasteiger partial charge in [-0.25, -0.2) is 4.39 Å². The van der Waals surface area contributed by atoms with Gasteiger partial charge in [-0.3, -0.25) is 4.98 Å². The summed E-state index contributed by atoms with van der Waals surface area (Å²) in [5.41, 5.74) is 1.73. The molecule has 1 aromatic heterocycles. The standard InChI is InChI=1S/C17H12FNO/c18-15-9-14(13-5-2-1-3-6-13)10-17(11-15)20-16-7-4-8-19-12-16/h1-12H. The number of hydrogen-bond acceptors (Lipinski definition) is 2. The maximum Gasteiger partial charge on any atom is 0.145 e. The molecular formula is C17H12FNO. The fraction of sp³-hybridized carbons (Fsp3) is 0. The average molecular weight is 265 g/mol. The highest BCUT2D eigenvalue weighted by molar-refractivity contribution is 5.65. The van der Waals surface area contributed by atoms with Crippen LogP contribution in [0.4, 0.5) is 4.39 Å². The van der Waals surface area contributed by atoms with E-state index in [1.807, 2.05) is 36.4 Å². The second-order valence-electron chi connectivity index (χ2n) is 4.33. The van der Waals surface area contributed by atoms with E-state index in [0.29, 0.717) is 11.5 Å². The Hall–Kier alpha value is -2.68. The molecule has 0 aliphatic rings. The average Bonchev–Trinajstić information content (AvgIpc) is 2.49. The Morgan fingerprint density at radius 1 is 0.800 bits per heavy atom. The van der Waals surface area contributed by atoms with Gasteiger partial charge in [-0.1, -0.05) is 30.3 Å². The first-order valence-electron chi connectivity index (χ1n) is 6.25. The normalized spacial score (nSPS) is 10.2. The minimum Gasteiger partial charge on any atom is -0.456 e. The number of hydrogen-bond donors (Lipinski definition) is 0. The number of ether oxygens (including phenoxy) is 1. The van der Waals surface area contributed by atoms with Gasteiger partial charge >= 0.3 is 0 Å². The lowest BCUT2D eigenvalue weighted by atomic mass is 10.1. The van der Waals surface area contributed by atoms with Crippen LogP contribution in [0.25, 0.3) is 11.1 Å². The molecule has 0 saturated heterocycles. The molecule has 1 heterocycles. The molecule has 2 aromatic carbocycles. The molecule has 0 saturated carbocycles. The molecule has 2 nitrogen and oxygen atoms in total. The molecule has 3 heteroatoms. The second-order valence-corrected chi connectivity index (χ2v) is 4.33. The Kier molecular flexibility index (Phi) is 3.42. The predicted octanol–water partition coefficient (Wildman–Crippen LogP) is 4.68. The summed E-state index contributed by atoms with van der Waals surface area (Å²) in [6.07, 6.45) is 3.25. The topological polar surface area (TPSA) is 22.1 Å². The van der Waals surface area contributed by atoms with E-state index in [0.717, 1.165) is 11.1 Å². The summed E-state index contributed by atoms with van der Waals surface area (Å²) in [5, 5.41) is 0. The molecule has 0 bridgehead atoms. The van der Waals surface area contributed by atoms with Gasteiger partial charge in [-0.15, -0.1) is 0 Å². The second kappa shape index (κ2) is 5.53. The highest BCUT2D eigenvalue weighted by Gasteiger charge is 2.05. The largest absolute Gasteiger partial charge is 0.456 e. The summed E-state index contributed by atoms with van der Waals surface area (Å²) in [4.78, 5) is 3.97. The van der Waals surface area contributed by atoms with E-state index in [-0.39, 0.29) is 5.82 Å². The molecule has 0 atom stereocenters. The molecule has 0 unspecified atom stereocenters. The van der Waals surface area contributed by atoms with Crippen molar-refractivity contribution in [3.63, 3.8) is 0 Å². The van der Waals surface area contributed by atoms with Gasteiger partial charge in [-0.05, 0) is 35.4 Å². The van der Waals surface area contributed by atoms with Gasteiger partial charge in [0.2, 0.25) is 0 Å². The monoisotopic (exact) mass is 265 g/mol. The zero-order chi connectivity index (χ0) is 13.8. The van der Waals surface area contributed by atoms with Crippen LogP contribution in [0.1, 0.15) is 0 Å². The van der Waals surface area contributed by atoms with Crippen molar-refractivity contribution in [2.75, 3.05) is 0 Å². The molecule has 3 rings (SSSR count). The fourth-order valence-corrected chi connectivity index (χ4v) is 1.96. The van der Waals surface area contributed by atoms with E-state index in [1.165, 1.54) is 12.1 Å². The van der Waals surface area contributed by atoms with Gasteiger partial charge < -0.3 is 4.74 Å². The van der Waals surface area contributed by atoms with Gasteiger partial charge in [0, 0.05) is 12.3 Å². The van der Waals surface area contributed by atoms with Crippen LogP contribution >= 0.6 is 0 Å². The van der Waals surface area contributed by atoms with E-state index in [1.54, 1.807) is 24.5 Å². The van der Waals surface area contributed by atoms with E-state index >= 15 is 0 Å². The molecule has 98 valence electrons. The van der Waals surface area contributed by atoms with Crippen molar-refractivity contribution in [3.8, 4) is 22.6 Å². The molecule has 0 amide bonds. The fourth-order valence-electron chi connectivity index (χ4n) is 1.96. The van der Waals surface area contributed by atoms with E-state index < -0.39 is 0 Å². The number of nitrogens with zero attached hydrogens (tertiary/aromatic N) is 1. The van der Waals surface area contributed by atoms with Gasteiger partial charge in [0.25, 0.3) is 0 Å². The quantitative estimate of drug-likeness (QED) is 0.686. The first-order valence-corrected chi connectivity index (χ1v) is 6.25. The molecule has 0 fully saturated rings. The Balaban J connectivity index is 1.95. The summed E-state index contributed by atoms with van der Waals surface area (Å²) in [6, 6.07) is 17.8. The van der Waals surface area contributed by atoms with Crippen molar-refractivity contribution in [1.29, 1.82) is 0 Å². The van der Waals surface area contributed by atoms with Crippen LogP contribution in [0.15, 0.2) is 73.1 Å². The predicted molar refractivity (Wildman–Crippen MR) is 76.1 cm³/mol. The van der Waals surface area contributed by atoms with Gasteiger partial charge in [0.1, 0.15) is 17.3 Å². The maximum atomic E-state index is 13.7. The van der Waals surface area contributed by atoms with Gasteiger partial charge in [-0.2, -0.15) is 0 Å². The lowest BCUT2D eigenvalue weighted by molar-refractivity contribution is 0.475. The Labute approximate surface area is 116 Å². The van der Waals surface area contributed by atoms with E-state index in [9.17, 15) is 4.39 Å². The SMILES string of the molecule is Fc1cc(Oc2cccnc2)cc(-c2ccccc2)c1. The van der Waals surface area contributed by atoms with Crippen LogP contribution in [0, 0.1) is 5.82 Å². The Morgan fingerprint density at radius 2 is 1.65 bits per heavy atom. The summed E-state index contributed by atoms with van der Waals surface area (Å²) < 4.78 is 19.3. The number of aromatic nitrogens is 1. The van der Waals surface area contributed by atoms with Crippen molar-refractivity contribution in [2.24, 2.45) is 0 Å². The third kappa shape index (κ3) is 2.83. The summed E-state index contributed by atoms with van der Waals surface area (Å²) in [5.74, 6) is 0.708. The molecule has 0 spiro atoms. The van der Waals surface area contributed by atoms with Crippen molar-refractivity contribution in [3.05, 3.63) is 78.9 Å². The smallest absolute Gasteiger partial charge is 0.145 e. The first kappa shape index (κ1) is 12.4. The van der Waals surface area contributed by atoms with Crippen LogP contribution in [-0.4, -0.2) is 4.98 Å². The van der Waals surface area contributed by atoms with E-state index in [4.69, 9.17) is 4.74 Å². The number of pyridine rings is 1. The molecule has 3 aromatic rings. The van der Waals surface area contributed by atoms with Crippen LogP contribution in [-0.2, 0) is 0 Å². The number of benzene rings is 2. The van der Waals surface area contributed by atoms with Gasteiger partial charge in [0.05, 0.1) is 6.20 Å². The third-order valence-electron chi connectivity index (χ3n) is 2.85. The number of halogens is 1. The van der Waals surface area contributed by atoms with Crippen molar-refractivity contribution < 1.29 is 9.13 Å².